The predicted octanol–water partition coefficient (Wildman–Crippen LogP) is 0.543. The Morgan fingerprint density at radius 1 is 1.35 bits per heavy atom. The van der Waals surface area contributed by atoms with Crippen LogP contribution in [0.25, 0.3) is 0 Å². The van der Waals surface area contributed by atoms with Crippen LogP contribution in [0.5, 0.6) is 0 Å². The Morgan fingerprint density at radius 2 is 2.20 bits per heavy atom. The van der Waals surface area contributed by atoms with Gasteiger partial charge < -0.3 is 10.4 Å². The largest absolute Gasteiger partial charge is 0.384 e. The summed E-state index contributed by atoms with van der Waals surface area (Å²) < 4.78 is 1.56. The molecule has 0 saturated heterocycles. The van der Waals surface area contributed by atoms with Crippen LogP contribution < -0.4 is 5.32 Å². The molecule has 0 atom stereocenters. The third kappa shape index (κ3) is 3.97. The molecular weight excluding hydrogens is 254 g/mol. The van der Waals surface area contributed by atoms with Crippen molar-refractivity contribution in [1.29, 1.82) is 0 Å². The van der Waals surface area contributed by atoms with Gasteiger partial charge in [0.1, 0.15) is 13.2 Å². The van der Waals surface area contributed by atoms with Gasteiger partial charge in [0.25, 0.3) is 0 Å². The van der Waals surface area contributed by atoms with Crippen LogP contribution in [0.2, 0.25) is 0 Å². The number of carbonyl (C=O) groups excluding carboxylic acids is 1. The third-order valence-corrected chi connectivity index (χ3v) is 2.66. The van der Waals surface area contributed by atoms with E-state index in [-0.39, 0.29) is 19.1 Å². The van der Waals surface area contributed by atoms with Crippen molar-refractivity contribution in [3.05, 3.63) is 53.9 Å². The summed E-state index contributed by atoms with van der Waals surface area (Å²) >= 11 is 0. The van der Waals surface area contributed by atoms with Gasteiger partial charge in [0.15, 0.2) is 0 Å². The van der Waals surface area contributed by atoms with E-state index >= 15 is 0 Å². The smallest absolute Gasteiger partial charge is 0.241 e. The van der Waals surface area contributed by atoms with Gasteiger partial charge >= 0.3 is 0 Å². The highest BCUT2D eigenvalue weighted by Gasteiger charge is 2.04. The lowest BCUT2D eigenvalue weighted by atomic mass is 10.1. The fourth-order valence-electron chi connectivity index (χ4n) is 1.72. The van der Waals surface area contributed by atoms with E-state index in [9.17, 15) is 4.79 Å². The topological polar surface area (TPSA) is 67.2 Å². The number of rotatable bonds is 4. The molecule has 5 nitrogen and oxygen atoms in total. The molecule has 0 unspecified atom stereocenters. The molecule has 0 saturated carbocycles. The van der Waals surface area contributed by atoms with E-state index < -0.39 is 0 Å². The maximum Gasteiger partial charge on any atom is 0.241 e. The van der Waals surface area contributed by atoms with Gasteiger partial charge in [0, 0.05) is 24.5 Å². The van der Waals surface area contributed by atoms with Gasteiger partial charge in [-0.05, 0) is 17.7 Å². The van der Waals surface area contributed by atoms with Crippen LogP contribution in [0.4, 0.5) is 0 Å². The van der Waals surface area contributed by atoms with Crippen molar-refractivity contribution in [3.8, 4) is 11.8 Å². The van der Waals surface area contributed by atoms with E-state index in [0.29, 0.717) is 6.54 Å². The standard InChI is InChI=1S/C15H15N3O2/c19-10-3-7-13-5-1-2-6-14(13)11-16-15(20)12-18-9-4-8-17-18/h1-2,4-6,8-9,19H,10-12H2,(H,16,20). The molecule has 2 rings (SSSR count). The molecule has 0 aliphatic rings. The fraction of sp³-hybridized carbons (Fsp3) is 0.200. The second-order valence-electron chi connectivity index (χ2n) is 4.10. The van der Waals surface area contributed by atoms with Crippen molar-refractivity contribution in [1.82, 2.24) is 15.1 Å². The fourth-order valence-corrected chi connectivity index (χ4v) is 1.72. The number of hydrogen-bond donors (Lipinski definition) is 2. The molecule has 0 radical (unpaired) electrons. The minimum absolute atomic E-state index is 0.112. The zero-order valence-corrected chi connectivity index (χ0v) is 10.9. The van der Waals surface area contributed by atoms with Gasteiger partial charge in [-0.2, -0.15) is 5.10 Å². The number of hydrogen-bond acceptors (Lipinski definition) is 3. The average Bonchev–Trinajstić information content (AvgIpc) is 2.96. The molecular formula is C15H15N3O2. The molecule has 1 aromatic carbocycles. The molecule has 1 heterocycles. The van der Waals surface area contributed by atoms with Crippen LogP contribution in [0.1, 0.15) is 11.1 Å². The Labute approximate surface area is 117 Å². The second-order valence-corrected chi connectivity index (χ2v) is 4.10. The van der Waals surface area contributed by atoms with E-state index in [4.69, 9.17) is 5.11 Å². The number of carbonyl (C=O) groups is 1. The monoisotopic (exact) mass is 269 g/mol. The van der Waals surface area contributed by atoms with E-state index in [1.807, 2.05) is 24.3 Å². The summed E-state index contributed by atoms with van der Waals surface area (Å²) in [5.74, 6) is 5.36. The Morgan fingerprint density at radius 3 is 2.95 bits per heavy atom. The normalized spacial score (nSPS) is 9.65. The molecule has 2 N–H and O–H groups in total. The Balaban J connectivity index is 1.95. The highest BCUT2D eigenvalue weighted by atomic mass is 16.2. The van der Waals surface area contributed by atoms with Crippen molar-refractivity contribution >= 4 is 5.91 Å². The van der Waals surface area contributed by atoms with Crippen molar-refractivity contribution in [2.24, 2.45) is 0 Å². The molecule has 2 aromatic rings. The summed E-state index contributed by atoms with van der Waals surface area (Å²) in [7, 11) is 0. The Hall–Kier alpha value is -2.58. The van der Waals surface area contributed by atoms with Gasteiger partial charge in [0.2, 0.25) is 5.91 Å². The van der Waals surface area contributed by atoms with Crippen molar-refractivity contribution in [2.75, 3.05) is 6.61 Å². The maximum atomic E-state index is 11.8. The first-order chi connectivity index (χ1) is 9.79. The Kier molecular flexibility index (Phi) is 4.93. The van der Waals surface area contributed by atoms with Gasteiger partial charge in [-0.3, -0.25) is 9.48 Å². The number of aromatic nitrogens is 2. The molecule has 0 spiro atoms. The molecule has 1 aromatic heterocycles. The van der Waals surface area contributed by atoms with Gasteiger partial charge in [-0.1, -0.05) is 30.0 Å². The van der Waals surface area contributed by atoms with Gasteiger partial charge in [-0.25, -0.2) is 0 Å². The average molecular weight is 269 g/mol. The third-order valence-electron chi connectivity index (χ3n) is 2.66. The molecule has 0 aliphatic carbocycles. The lowest BCUT2D eigenvalue weighted by molar-refractivity contribution is -0.122. The van der Waals surface area contributed by atoms with Crippen LogP contribution in [0.15, 0.2) is 42.7 Å². The maximum absolute atomic E-state index is 11.8. The van der Waals surface area contributed by atoms with E-state index in [2.05, 4.69) is 22.3 Å². The summed E-state index contributed by atoms with van der Waals surface area (Å²) in [6.07, 6.45) is 3.37. The zero-order valence-electron chi connectivity index (χ0n) is 10.9. The summed E-state index contributed by atoms with van der Waals surface area (Å²) in [6, 6.07) is 9.29. The highest BCUT2D eigenvalue weighted by Crippen LogP contribution is 2.06. The molecule has 20 heavy (non-hydrogen) atoms. The zero-order chi connectivity index (χ0) is 14.2. The van der Waals surface area contributed by atoms with Crippen molar-refractivity contribution < 1.29 is 9.90 Å². The molecule has 0 bridgehead atoms. The second kappa shape index (κ2) is 7.12. The number of nitrogens with zero attached hydrogens (tertiary/aromatic N) is 2. The number of aliphatic hydroxyl groups is 1. The number of benzene rings is 1. The lowest BCUT2D eigenvalue weighted by Gasteiger charge is -2.07. The minimum Gasteiger partial charge on any atom is -0.384 e. The molecule has 1 amide bonds. The molecule has 0 aliphatic heterocycles. The number of aliphatic hydroxyl groups excluding tert-OH is 1. The van der Waals surface area contributed by atoms with E-state index in [1.165, 1.54) is 0 Å². The summed E-state index contributed by atoms with van der Waals surface area (Å²) in [5, 5.41) is 15.5. The predicted molar refractivity (Wildman–Crippen MR) is 74.5 cm³/mol. The van der Waals surface area contributed by atoms with Crippen molar-refractivity contribution in [3.63, 3.8) is 0 Å². The number of amides is 1. The minimum atomic E-state index is -0.181. The van der Waals surface area contributed by atoms with Crippen LogP contribution >= 0.6 is 0 Å². The van der Waals surface area contributed by atoms with E-state index in [0.717, 1.165) is 11.1 Å². The first-order valence-corrected chi connectivity index (χ1v) is 6.21. The first kappa shape index (κ1) is 13.8. The van der Waals surface area contributed by atoms with Crippen molar-refractivity contribution in [2.45, 2.75) is 13.1 Å². The Bertz CT molecular complexity index is 624. The lowest BCUT2D eigenvalue weighted by Crippen LogP contribution is -2.27. The van der Waals surface area contributed by atoms with Crippen LogP contribution in [0, 0.1) is 11.8 Å². The summed E-state index contributed by atoms with van der Waals surface area (Å²) in [6.45, 7) is 0.411. The SMILES string of the molecule is O=C(Cn1cccn1)NCc1ccccc1C#CCO. The highest BCUT2D eigenvalue weighted by molar-refractivity contribution is 5.75. The van der Waals surface area contributed by atoms with Crippen LogP contribution in [-0.2, 0) is 17.9 Å². The van der Waals surface area contributed by atoms with Gasteiger partial charge in [-0.15, -0.1) is 0 Å². The van der Waals surface area contributed by atoms with Crippen LogP contribution in [0.3, 0.4) is 0 Å². The number of nitrogens with one attached hydrogen (secondary N) is 1. The summed E-state index contributed by atoms with van der Waals surface area (Å²) in [4.78, 5) is 11.8. The van der Waals surface area contributed by atoms with E-state index in [1.54, 1.807) is 23.1 Å². The van der Waals surface area contributed by atoms with Crippen LogP contribution in [-0.4, -0.2) is 27.4 Å². The van der Waals surface area contributed by atoms with Gasteiger partial charge in [0.05, 0.1) is 0 Å². The summed E-state index contributed by atoms with van der Waals surface area (Å²) in [5.41, 5.74) is 1.73. The first-order valence-electron chi connectivity index (χ1n) is 6.21. The quantitative estimate of drug-likeness (QED) is 0.796. The molecule has 102 valence electrons. The molecule has 5 heteroatoms. The molecule has 0 fully saturated rings.